The molecule has 0 aromatic carbocycles. The van der Waals surface area contributed by atoms with Gasteiger partial charge in [-0.2, -0.15) is 9.97 Å². The molecule has 2 aromatic heterocycles. The van der Waals surface area contributed by atoms with Crippen LogP contribution in [0.1, 0.15) is 21.2 Å². The molecule has 22 heavy (non-hydrogen) atoms. The number of aromatic amines is 4. The molecule has 116 valence electrons. The van der Waals surface area contributed by atoms with Crippen LogP contribution in [-0.4, -0.2) is 52.1 Å². The van der Waals surface area contributed by atoms with Crippen LogP contribution in [0.2, 0.25) is 0 Å². The van der Waals surface area contributed by atoms with Crippen LogP contribution >= 0.6 is 0 Å². The van der Waals surface area contributed by atoms with Crippen LogP contribution in [0.3, 0.4) is 0 Å². The number of H-pyrrole nitrogens is 4. The zero-order valence-electron chi connectivity index (χ0n) is 10.2. The Balaban J connectivity index is 0.000000220. The number of aromatic carboxylic acids is 2. The van der Waals surface area contributed by atoms with Gasteiger partial charge in [-0.3, -0.25) is 19.9 Å². The monoisotopic (exact) mass is 314 g/mol. The lowest BCUT2D eigenvalue weighted by atomic mass is 10.6. The van der Waals surface area contributed by atoms with Crippen molar-refractivity contribution >= 4 is 11.9 Å². The first kappa shape index (κ1) is 16.2. The standard InChI is InChI=1S/2C4H3N3O4/c2*8-2(9)1-5-3(10)7-4(11)6-1/h2*(H,8,9)(H2,5,6,7,10,11). The quantitative estimate of drug-likeness (QED) is 0.317. The highest BCUT2D eigenvalue weighted by Gasteiger charge is 2.06. The maximum absolute atomic E-state index is 10.4. The lowest BCUT2D eigenvalue weighted by Crippen LogP contribution is -2.28. The van der Waals surface area contributed by atoms with Gasteiger partial charge in [-0.05, 0) is 0 Å². The van der Waals surface area contributed by atoms with Gasteiger partial charge < -0.3 is 10.2 Å². The Labute approximate surface area is 116 Å². The number of hydrogen-bond acceptors (Lipinski definition) is 8. The summed E-state index contributed by atoms with van der Waals surface area (Å²) in [7, 11) is 0. The molecule has 14 heteroatoms. The Kier molecular flexibility index (Phi) is 4.83. The van der Waals surface area contributed by atoms with Gasteiger partial charge in [0.15, 0.2) is 0 Å². The van der Waals surface area contributed by atoms with Crippen molar-refractivity contribution in [3.8, 4) is 0 Å². The summed E-state index contributed by atoms with van der Waals surface area (Å²) in [6.07, 6.45) is 0. The summed E-state index contributed by atoms with van der Waals surface area (Å²) in [5.74, 6) is -4.24. The van der Waals surface area contributed by atoms with Crippen LogP contribution in [0.25, 0.3) is 0 Å². The summed E-state index contributed by atoms with van der Waals surface area (Å²) in [5.41, 5.74) is -3.73. The summed E-state index contributed by atoms with van der Waals surface area (Å²) >= 11 is 0. The molecule has 0 bridgehead atoms. The fourth-order valence-electron chi connectivity index (χ4n) is 0.989. The molecule has 0 aliphatic rings. The molecule has 0 saturated heterocycles. The molecule has 0 aliphatic heterocycles. The second kappa shape index (κ2) is 6.55. The highest BCUT2D eigenvalue weighted by molar-refractivity contribution is 5.83. The van der Waals surface area contributed by atoms with Crippen molar-refractivity contribution in [1.29, 1.82) is 0 Å². The zero-order chi connectivity index (χ0) is 16.9. The number of rotatable bonds is 2. The molecule has 0 saturated carbocycles. The molecule has 0 unspecified atom stereocenters. The van der Waals surface area contributed by atoms with E-state index in [1.54, 1.807) is 9.97 Å². The summed E-state index contributed by atoms with van der Waals surface area (Å²) in [6.45, 7) is 0. The van der Waals surface area contributed by atoms with Crippen LogP contribution < -0.4 is 22.8 Å². The third-order valence-electron chi connectivity index (χ3n) is 1.74. The Morgan fingerprint density at radius 3 is 1.23 bits per heavy atom. The van der Waals surface area contributed by atoms with E-state index in [4.69, 9.17) is 10.2 Å². The van der Waals surface area contributed by atoms with Crippen LogP contribution in [0.15, 0.2) is 19.2 Å². The number of hydrogen-bond donors (Lipinski definition) is 6. The van der Waals surface area contributed by atoms with E-state index in [1.807, 2.05) is 9.97 Å². The van der Waals surface area contributed by atoms with E-state index in [0.29, 0.717) is 0 Å². The average molecular weight is 314 g/mol. The van der Waals surface area contributed by atoms with Gasteiger partial charge in [-0.25, -0.2) is 28.8 Å². The van der Waals surface area contributed by atoms with E-state index in [2.05, 4.69) is 9.97 Å². The van der Waals surface area contributed by atoms with E-state index < -0.39 is 46.3 Å². The third kappa shape index (κ3) is 4.68. The minimum Gasteiger partial charge on any atom is -0.475 e. The molecular formula is C8H6N6O8. The van der Waals surface area contributed by atoms with E-state index in [-0.39, 0.29) is 0 Å². The first-order valence-electron chi connectivity index (χ1n) is 5.07. The number of carboxylic acids is 2. The first-order valence-corrected chi connectivity index (χ1v) is 5.07. The van der Waals surface area contributed by atoms with Crippen LogP contribution in [-0.2, 0) is 0 Å². The molecule has 14 nitrogen and oxygen atoms in total. The van der Waals surface area contributed by atoms with Crippen molar-refractivity contribution in [2.75, 3.05) is 0 Å². The van der Waals surface area contributed by atoms with Crippen molar-refractivity contribution in [2.45, 2.75) is 0 Å². The van der Waals surface area contributed by atoms with Crippen molar-refractivity contribution in [3.63, 3.8) is 0 Å². The summed E-state index contributed by atoms with van der Waals surface area (Å²) in [4.78, 5) is 74.8. The van der Waals surface area contributed by atoms with Crippen molar-refractivity contribution in [3.05, 3.63) is 53.6 Å². The molecule has 2 rings (SSSR count). The highest BCUT2D eigenvalue weighted by atomic mass is 16.4. The normalized spacial score (nSPS) is 9.45. The topological polar surface area (TPSA) is 232 Å². The smallest absolute Gasteiger partial charge is 0.372 e. The van der Waals surface area contributed by atoms with Crippen molar-refractivity contribution < 1.29 is 19.8 Å². The summed E-state index contributed by atoms with van der Waals surface area (Å²) in [5, 5.41) is 16.5. The molecule has 0 amide bonds. The van der Waals surface area contributed by atoms with Crippen molar-refractivity contribution in [1.82, 2.24) is 29.9 Å². The third-order valence-corrected chi connectivity index (χ3v) is 1.74. The van der Waals surface area contributed by atoms with Crippen LogP contribution in [0, 0.1) is 0 Å². The van der Waals surface area contributed by atoms with Gasteiger partial charge in [-0.1, -0.05) is 0 Å². The number of nitrogens with one attached hydrogen (secondary N) is 4. The molecule has 0 atom stereocenters. The Bertz CT molecular complexity index is 799. The van der Waals surface area contributed by atoms with Gasteiger partial charge in [0.2, 0.25) is 11.6 Å². The minimum atomic E-state index is -1.45. The van der Waals surface area contributed by atoms with Crippen molar-refractivity contribution in [2.24, 2.45) is 0 Å². The maximum Gasteiger partial charge on any atom is 0.372 e. The Morgan fingerprint density at radius 1 is 0.682 bits per heavy atom. The lowest BCUT2D eigenvalue weighted by Gasteiger charge is -1.88. The largest absolute Gasteiger partial charge is 0.475 e. The van der Waals surface area contributed by atoms with E-state index in [0.717, 1.165) is 0 Å². The maximum atomic E-state index is 10.4. The number of aromatic nitrogens is 6. The Hall–Kier alpha value is -3.84. The zero-order valence-corrected chi connectivity index (χ0v) is 10.2. The highest BCUT2D eigenvalue weighted by Crippen LogP contribution is 1.76. The Morgan fingerprint density at radius 2 is 1.00 bits per heavy atom. The predicted molar refractivity (Wildman–Crippen MR) is 64.9 cm³/mol. The van der Waals surface area contributed by atoms with Gasteiger partial charge in [0.25, 0.3) is 0 Å². The summed E-state index contributed by atoms with van der Waals surface area (Å²) < 4.78 is 0. The molecule has 0 aliphatic carbocycles. The van der Waals surface area contributed by atoms with Gasteiger partial charge in [0, 0.05) is 0 Å². The molecule has 0 spiro atoms. The molecular weight excluding hydrogens is 308 g/mol. The average Bonchev–Trinajstić information content (AvgIpc) is 2.37. The SMILES string of the molecule is O=C(O)c1nc(=O)[nH]c(=O)[nH]1.O=C(O)c1nc(=O)[nH]c(=O)[nH]1. The lowest BCUT2D eigenvalue weighted by molar-refractivity contribution is 0.0671. The second-order valence-corrected chi connectivity index (χ2v) is 3.30. The number of carbonyl (C=O) groups is 2. The van der Waals surface area contributed by atoms with E-state index >= 15 is 0 Å². The van der Waals surface area contributed by atoms with E-state index in [9.17, 15) is 28.8 Å². The molecule has 0 fully saturated rings. The molecule has 0 radical (unpaired) electrons. The van der Waals surface area contributed by atoms with Crippen LogP contribution in [0.4, 0.5) is 0 Å². The number of carboxylic acid groups (broad SMARTS) is 2. The van der Waals surface area contributed by atoms with Gasteiger partial charge >= 0.3 is 34.7 Å². The van der Waals surface area contributed by atoms with E-state index in [1.165, 1.54) is 0 Å². The molecule has 2 heterocycles. The fraction of sp³-hybridized carbons (Fsp3) is 0. The minimum absolute atomic E-state index is 0.668. The van der Waals surface area contributed by atoms with Gasteiger partial charge in [0.05, 0.1) is 0 Å². The predicted octanol–water partition coefficient (Wildman–Crippen LogP) is -3.69. The summed E-state index contributed by atoms with van der Waals surface area (Å²) in [6, 6.07) is 0. The molecule has 6 N–H and O–H groups in total. The first-order chi connectivity index (χ1) is 10.2. The second-order valence-electron chi connectivity index (χ2n) is 3.30. The van der Waals surface area contributed by atoms with Crippen LogP contribution in [0.5, 0.6) is 0 Å². The number of nitrogens with zero attached hydrogens (tertiary/aromatic N) is 2. The van der Waals surface area contributed by atoms with Gasteiger partial charge in [0.1, 0.15) is 0 Å². The molecule has 2 aromatic rings. The van der Waals surface area contributed by atoms with Gasteiger partial charge in [-0.15, -0.1) is 0 Å². The fourth-order valence-corrected chi connectivity index (χ4v) is 0.989.